The predicted octanol–water partition coefficient (Wildman–Crippen LogP) is 1.63. The molecule has 3 N–H and O–H groups in total. The predicted molar refractivity (Wildman–Crippen MR) is 74.9 cm³/mol. The van der Waals surface area contributed by atoms with Gasteiger partial charge in [0.2, 0.25) is 0 Å². The molecule has 0 fully saturated rings. The summed E-state index contributed by atoms with van der Waals surface area (Å²) in [6, 6.07) is 5.55. The van der Waals surface area contributed by atoms with Gasteiger partial charge in [-0.25, -0.2) is 0 Å². The molecule has 2 rings (SSSR count). The van der Waals surface area contributed by atoms with Crippen LogP contribution in [0.3, 0.4) is 0 Å². The molecule has 3 atom stereocenters. The molecule has 0 aromatic heterocycles. The van der Waals surface area contributed by atoms with E-state index in [9.17, 15) is 9.90 Å². The highest BCUT2D eigenvalue weighted by Crippen LogP contribution is 2.33. The van der Waals surface area contributed by atoms with E-state index in [0.717, 1.165) is 16.9 Å². The number of benzene rings is 1. The van der Waals surface area contributed by atoms with Crippen molar-refractivity contribution in [3.63, 3.8) is 0 Å². The first-order chi connectivity index (χ1) is 9.47. The highest BCUT2D eigenvalue weighted by molar-refractivity contribution is 5.66. The van der Waals surface area contributed by atoms with Crippen LogP contribution in [0, 0.1) is 6.92 Å². The van der Waals surface area contributed by atoms with Crippen LogP contribution in [0.5, 0.6) is 5.75 Å². The topological polar surface area (TPSA) is 78.8 Å². The Morgan fingerprint density at radius 2 is 2.30 bits per heavy atom. The summed E-state index contributed by atoms with van der Waals surface area (Å²) in [7, 11) is 0. The van der Waals surface area contributed by atoms with Crippen molar-refractivity contribution in [2.75, 3.05) is 6.61 Å². The third kappa shape index (κ3) is 3.49. The number of aryl methyl sites for hydroxylation is 1. The van der Waals surface area contributed by atoms with Crippen LogP contribution in [0.25, 0.3) is 0 Å². The molecule has 1 aromatic carbocycles. The third-order valence-corrected chi connectivity index (χ3v) is 3.58. The molecule has 1 aromatic rings. The van der Waals surface area contributed by atoms with Crippen LogP contribution in [-0.4, -0.2) is 34.9 Å². The van der Waals surface area contributed by atoms with Gasteiger partial charge in [0.15, 0.2) is 0 Å². The van der Waals surface area contributed by atoms with Gasteiger partial charge in [-0.1, -0.05) is 12.1 Å². The van der Waals surface area contributed by atoms with Crippen LogP contribution in [0.15, 0.2) is 18.2 Å². The summed E-state index contributed by atoms with van der Waals surface area (Å²) >= 11 is 0. The molecule has 0 bridgehead atoms. The van der Waals surface area contributed by atoms with Gasteiger partial charge in [-0.05, 0) is 31.9 Å². The number of carbonyl (C=O) groups is 1. The molecule has 0 radical (unpaired) electrons. The van der Waals surface area contributed by atoms with Crippen molar-refractivity contribution in [1.82, 2.24) is 5.32 Å². The normalized spacial score (nSPS) is 22.8. The number of fused-ring (bicyclic) bond motifs is 1. The average molecular weight is 279 g/mol. The number of ether oxygens (including phenoxy) is 1. The zero-order valence-electron chi connectivity index (χ0n) is 11.8. The molecular formula is C15H21NO4. The average Bonchev–Trinajstić information content (AvgIpc) is 2.39. The van der Waals surface area contributed by atoms with E-state index in [2.05, 4.69) is 5.32 Å². The Balaban J connectivity index is 1.98. The Bertz CT molecular complexity index is 489. The van der Waals surface area contributed by atoms with Crippen molar-refractivity contribution >= 4 is 5.97 Å². The third-order valence-electron chi connectivity index (χ3n) is 3.58. The van der Waals surface area contributed by atoms with E-state index in [1.165, 1.54) is 0 Å². The Kier molecular flexibility index (Phi) is 4.62. The van der Waals surface area contributed by atoms with E-state index in [1.807, 2.05) is 32.0 Å². The molecule has 110 valence electrons. The first-order valence-electron chi connectivity index (χ1n) is 6.86. The highest BCUT2D eigenvalue weighted by atomic mass is 16.5. The SMILES string of the molecule is Cc1ccc2c(c1)OC[C@@H](NC(C)CCC(=O)O)[C@H]2O. The highest BCUT2D eigenvalue weighted by Gasteiger charge is 2.30. The largest absolute Gasteiger partial charge is 0.491 e. The molecule has 0 saturated heterocycles. The molecule has 1 heterocycles. The number of hydrogen-bond donors (Lipinski definition) is 3. The smallest absolute Gasteiger partial charge is 0.303 e. The fourth-order valence-corrected chi connectivity index (χ4v) is 2.43. The minimum Gasteiger partial charge on any atom is -0.491 e. The Hall–Kier alpha value is -1.59. The van der Waals surface area contributed by atoms with E-state index >= 15 is 0 Å². The molecule has 20 heavy (non-hydrogen) atoms. The summed E-state index contributed by atoms with van der Waals surface area (Å²) in [5, 5.41) is 22.3. The maximum Gasteiger partial charge on any atom is 0.303 e. The number of aliphatic hydroxyl groups excluding tert-OH is 1. The summed E-state index contributed by atoms with van der Waals surface area (Å²) in [6.07, 6.45) is 0.0130. The summed E-state index contributed by atoms with van der Waals surface area (Å²) in [5.74, 6) is -0.0753. The van der Waals surface area contributed by atoms with E-state index < -0.39 is 12.1 Å². The number of carboxylic acid groups (broad SMARTS) is 1. The molecule has 1 unspecified atom stereocenters. The van der Waals surface area contributed by atoms with Crippen LogP contribution in [0.2, 0.25) is 0 Å². The van der Waals surface area contributed by atoms with Gasteiger partial charge in [0, 0.05) is 18.0 Å². The molecule has 0 spiro atoms. The fourth-order valence-electron chi connectivity index (χ4n) is 2.43. The van der Waals surface area contributed by atoms with E-state index in [-0.39, 0.29) is 18.5 Å². The zero-order chi connectivity index (χ0) is 14.7. The van der Waals surface area contributed by atoms with Gasteiger partial charge >= 0.3 is 5.97 Å². The second kappa shape index (κ2) is 6.24. The lowest BCUT2D eigenvalue weighted by Gasteiger charge is -2.33. The van der Waals surface area contributed by atoms with Crippen molar-refractivity contribution < 1.29 is 19.7 Å². The van der Waals surface area contributed by atoms with Gasteiger partial charge < -0.3 is 20.3 Å². The molecule has 5 heteroatoms. The fraction of sp³-hybridized carbons (Fsp3) is 0.533. The van der Waals surface area contributed by atoms with Crippen LogP contribution in [0.4, 0.5) is 0 Å². The van der Waals surface area contributed by atoms with Crippen LogP contribution < -0.4 is 10.1 Å². The number of nitrogens with one attached hydrogen (secondary N) is 1. The lowest BCUT2D eigenvalue weighted by atomic mass is 9.97. The van der Waals surface area contributed by atoms with Crippen molar-refractivity contribution in [2.24, 2.45) is 0 Å². The maximum absolute atomic E-state index is 10.6. The van der Waals surface area contributed by atoms with E-state index in [0.29, 0.717) is 13.0 Å². The van der Waals surface area contributed by atoms with Crippen LogP contribution >= 0.6 is 0 Å². The molecule has 1 aliphatic rings. The second-order valence-corrected chi connectivity index (χ2v) is 5.40. The number of rotatable bonds is 5. The summed E-state index contributed by atoms with van der Waals surface area (Å²) in [6.45, 7) is 4.28. The second-order valence-electron chi connectivity index (χ2n) is 5.40. The van der Waals surface area contributed by atoms with Crippen molar-refractivity contribution in [2.45, 2.75) is 44.9 Å². The summed E-state index contributed by atoms with van der Waals surface area (Å²) < 4.78 is 5.67. The van der Waals surface area contributed by atoms with Crippen molar-refractivity contribution in [3.8, 4) is 5.75 Å². The standard InChI is InChI=1S/C15H21NO4/c1-9-3-5-11-13(7-9)20-8-12(15(11)19)16-10(2)4-6-14(17)18/h3,5,7,10,12,15-16,19H,4,6,8H2,1-2H3,(H,17,18)/t10?,12-,15+/m1/s1. The minimum absolute atomic E-state index is 0.0151. The van der Waals surface area contributed by atoms with Gasteiger partial charge in [-0.15, -0.1) is 0 Å². The lowest BCUT2D eigenvalue weighted by Crippen LogP contribution is -2.46. The van der Waals surface area contributed by atoms with Crippen LogP contribution in [-0.2, 0) is 4.79 Å². The molecular weight excluding hydrogens is 258 g/mol. The quantitative estimate of drug-likeness (QED) is 0.763. The van der Waals surface area contributed by atoms with Crippen molar-refractivity contribution in [1.29, 1.82) is 0 Å². The zero-order valence-corrected chi connectivity index (χ0v) is 11.8. The Morgan fingerprint density at radius 1 is 1.55 bits per heavy atom. The number of carboxylic acids is 1. The van der Waals surface area contributed by atoms with Gasteiger partial charge in [0.05, 0.1) is 6.04 Å². The lowest BCUT2D eigenvalue weighted by molar-refractivity contribution is -0.137. The summed E-state index contributed by atoms with van der Waals surface area (Å²) in [4.78, 5) is 10.6. The van der Waals surface area contributed by atoms with Gasteiger partial charge in [0.25, 0.3) is 0 Å². The molecule has 0 aliphatic carbocycles. The van der Waals surface area contributed by atoms with Crippen LogP contribution in [0.1, 0.15) is 37.0 Å². The number of aliphatic hydroxyl groups is 1. The minimum atomic E-state index is -0.806. The first kappa shape index (κ1) is 14.8. The van der Waals surface area contributed by atoms with Crippen molar-refractivity contribution in [3.05, 3.63) is 29.3 Å². The molecule has 0 saturated carbocycles. The monoisotopic (exact) mass is 279 g/mol. The van der Waals surface area contributed by atoms with Gasteiger partial charge in [-0.3, -0.25) is 4.79 Å². The van der Waals surface area contributed by atoms with E-state index in [4.69, 9.17) is 9.84 Å². The Labute approximate surface area is 118 Å². The number of hydrogen-bond acceptors (Lipinski definition) is 4. The maximum atomic E-state index is 10.6. The van der Waals surface area contributed by atoms with E-state index in [1.54, 1.807) is 0 Å². The number of aliphatic carboxylic acids is 1. The van der Waals surface area contributed by atoms with Gasteiger partial charge in [0.1, 0.15) is 18.5 Å². The summed E-state index contributed by atoms with van der Waals surface area (Å²) in [5.41, 5.74) is 1.88. The van der Waals surface area contributed by atoms with Gasteiger partial charge in [-0.2, -0.15) is 0 Å². The molecule has 5 nitrogen and oxygen atoms in total. The first-order valence-corrected chi connectivity index (χ1v) is 6.86. The molecule has 1 aliphatic heterocycles. The molecule has 0 amide bonds. The Morgan fingerprint density at radius 3 is 3.00 bits per heavy atom.